The van der Waals surface area contributed by atoms with E-state index >= 15 is 0 Å². The van der Waals surface area contributed by atoms with E-state index in [1.807, 2.05) is 6.08 Å². The highest BCUT2D eigenvalue weighted by Crippen LogP contribution is 2.18. The maximum Gasteiger partial charge on any atom is 0.305 e. The molecule has 3 N–H and O–H groups in total. The van der Waals surface area contributed by atoms with Gasteiger partial charge in [0.1, 0.15) is 0 Å². The Labute approximate surface area is 462 Å². The third-order valence-electron chi connectivity index (χ3n) is 15.7. The van der Waals surface area contributed by atoms with Gasteiger partial charge in [-0.05, 0) is 57.8 Å². The minimum absolute atomic E-state index is 0.00732. The highest BCUT2D eigenvalue weighted by molar-refractivity contribution is 5.76. The van der Waals surface area contributed by atoms with Crippen molar-refractivity contribution in [2.45, 2.75) is 386 Å². The lowest BCUT2D eigenvalue weighted by molar-refractivity contribution is -0.143. The first-order chi connectivity index (χ1) is 36.5. The number of amides is 1. The number of unbranched alkanes of at least 4 members (excludes halogenated alkanes) is 50. The molecule has 6 heteroatoms. The van der Waals surface area contributed by atoms with Gasteiger partial charge in [-0.3, -0.25) is 9.59 Å². The molecule has 1 amide bonds. The number of rotatable bonds is 63. The fraction of sp³-hybridized carbons (Fsp3) is 0.912. The van der Waals surface area contributed by atoms with E-state index in [0.29, 0.717) is 19.4 Å². The second-order valence-electron chi connectivity index (χ2n) is 23.2. The molecule has 0 aromatic heterocycles. The number of aliphatic hydroxyl groups excluding tert-OH is 2. The Balaban J connectivity index is 3.45. The van der Waals surface area contributed by atoms with Crippen LogP contribution in [-0.2, 0) is 14.3 Å². The molecular weight excluding hydrogens is 911 g/mol. The second-order valence-corrected chi connectivity index (χ2v) is 23.2. The first-order valence-corrected chi connectivity index (χ1v) is 33.6. The number of aliphatic hydroxyl groups is 2. The molecule has 74 heavy (non-hydrogen) atoms. The van der Waals surface area contributed by atoms with E-state index in [1.54, 1.807) is 6.08 Å². The Morgan fingerprint density at radius 2 is 0.635 bits per heavy atom. The monoisotopic (exact) mass is 1040 g/mol. The molecule has 0 rings (SSSR count). The van der Waals surface area contributed by atoms with Crippen LogP contribution in [0, 0.1) is 0 Å². The van der Waals surface area contributed by atoms with Crippen molar-refractivity contribution in [1.82, 2.24) is 5.32 Å². The number of allylic oxidation sites excluding steroid dienone is 3. The fourth-order valence-corrected chi connectivity index (χ4v) is 10.6. The quantitative estimate of drug-likeness (QED) is 0.0320. The van der Waals surface area contributed by atoms with Gasteiger partial charge in [0.15, 0.2) is 0 Å². The van der Waals surface area contributed by atoms with Gasteiger partial charge in [-0.1, -0.05) is 327 Å². The van der Waals surface area contributed by atoms with Crippen LogP contribution in [0.1, 0.15) is 373 Å². The van der Waals surface area contributed by atoms with Crippen molar-refractivity contribution in [3.8, 4) is 0 Å². The molecule has 0 saturated heterocycles. The Hall–Kier alpha value is -1.66. The number of hydrogen-bond acceptors (Lipinski definition) is 5. The first-order valence-electron chi connectivity index (χ1n) is 33.6. The Morgan fingerprint density at radius 3 is 0.959 bits per heavy atom. The lowest BCUT2D eigenvalue weighted by atomic mass is 10.0. The predicted molar refractivity (Wildman–Crippen MR) is 324 cm³/mol. The summed E-state index contributed by atoms with van der Waals surface area (Å²) in [5, 5.41) is 23.2. The van der Waals surface area contributed by atoms with Crippen LogP contribution in [0.4, 0.5) is 0 Å². The molecular formula is C68H131NO5. The van der Waals surface area contributed by atoms with Crippen molar-refractivity contribution >= 4 is 11.9 Å². The Morgan fingerprint density at radius 1 is 0.365 bits per heavy atom. The van der Waals surface area contributed by atoms with Crippen molar-refractivity contribution in [3.05, 3.63) is 24.3 Å². The summed E-state index contributed by atoms with van der Waals surface area (Å²) >= 11 is 0. The van der Waals surface area contributed by atoms with E-state index < -0.39 is 12.1 Å². The molecule has 0 aromatic carbocycles. The number of nitrogens with one attached hydrogen (secondary N) is 1. The minimum Gasteiger partial charge on any atom is -0.466 e. The van der Waals surface area contributed by atoms with Gasteiger partial charge in [-0.25, -0.2) is 0 Å². The van der Waals surface area contributed by atoms with Crippen LogP contribution in [-0.4, -0.2) is 47.4 Å². The van der Waals surface area contributed by atoms with Gasteiger partial charge in [0.2, 0.25) is 5.91 Å². The highest BCUT2D eigenvalue weighted by Gasteiger charge is 2.18. The minimum atomic E-state index is -0.854. The first kappa shape index (κ1) is 72.3. The van der Waals surface area contributed by atoms with Crippen LogP contribution in [0.5, 0.6) is 0 Å². The lowest BCUT2D eigenvalue weighted by Gasteiger charge is -2.20. The van der Waals surface area contributed by atoms with Crippen molar-refractivity contribution < 1.29 is 24.5 Å². The number of ether oxygens (including phenoxy) is 1. The van der Waals surface area contributed by atoms with Gasteiger partial charge in [0.25, 0.3) is 0 Å². The van der Waals surface area contributed by atoms with Gasteiger partial charge in [0, 0.05) is 12.8 Å². The molecule has 0 aliphatic rings. The lowest BCUT2D eigenvalue weighted by Crippen LogP contribution is -2.45. The summed E-state index contributed by atoms with van der Waals surface area (Å²) in [5.41, 5.74) is 0. The van der Waals surface area contributed by atoms with E-state index in [4.69, 9.17) is 4.74 Å². The molecule has 438 valence electrons. The molecule has 2 unspecified atom stereocenters. The smallest absolute Gasteiger partial charge is 0.305 e. The maximum absolute atomic E-state index is 12.5. The van der Waals surface area contributed by atoms with Gasteiger partial charge in [-0.15, -0.1) is 0 Å². The van der Waals surface area contributed by atoms with E-state index in [2.05, 4.69) is 31.3 Å². The third kappa shape index (κ3) is 59.6. The fourth-order valence-electron chi connectivity index (χ4n) is 10.6. The van der Waals surface area contributed by atoms with Gasteiger partial charge in [0.05, 0.1) is 25.4 Å². The van der Waals surface area contributed by atoms with Crippen molar-refractivity contribution in [3.63, 3.8) is 0 Å². The van der Waals surface area contributed by atoms with Crippen molar-refractivity contribution in [2.75, 3.05) is 13.2 Å². The highest BCUT2D eigenvalue weighted by atomic mass is 16.5. The molecule has 0 aromatic rings. The number of carbonyl (C=O) groups excluding carboxylic acids is 2. The van der Waals surface area contributed by atoms with E-state index in [-0.39, 0.29) is 18.5 Å². The van der Waals surface area contributed by atoms with E-state index in [0.717, 1.165) is 57.8 Å². The normalized spacial score (nSPS) is 12.6. The van der Waals surface area contributed by atoms with Crippen LogP contribution >= 0.6 is 0 Å². The largest absolute Gasteiger partial charge is 0.466 e. The SMILES string of the molecule is CCCCCCCCCCCCCCCCCCCCC/C=C/C(O)C(CO)NC(=O)CCCCCCC/C=C\CCCCCCCCCCCOC(=O)CCCCCCCCCCCCCCCCCCCC. The molecule has 0 heterocycles. The molecule has 6 nitrogen and oxygen atoms in total. The van der Waals surface area contributed by atoms with Gasteiger partial charge < -0.3 is 20.3 Å². The van der Waals surface area contributed by atoms with Gasteiger partial charge in [-0.2, -0.15) is 0 Å². The molecule has 0 bridgehead atoms. The molecule has 2 atom stereocenters. The summed E-state index contributed by atoms with van der Waals surface area (Å²) in [4.78, 5) is 24.6. The van der Waals surface area contributed by atoms with Crippen LogP contribution < -0.4 is 5.32 Å². The number of carbonyl (C=O) groups is 2. The summed E-state index contributed by atoms with van der Waals surface area (Å²) in [6.07, 6.45) is 79.5. The molecule has 0 fully saturated rings. The van der Waals surface area contributed by atoms with Crippen molar-refractivity contribution in [1.29, 1.82) is 0 Å². The van der Waals surface area contributed by atoms with Crippen LogP contribution in [0.25, 0.3) is 0 Å². The Kier molecular flexibility index (Phi) is 62.4. The number of hydrogen-bond donors (Lipinski definition) is 3. The average molecular weight is 1040 g/mol. The predicted octanol–water partition coefficient (Wildman–Crippen LogP) is 21.4. The maximum atomic E-state index is 12.5. The van der Waals surface area contributed by atoms with Crippen LogP contribution in [0.2, 0.25) is 0 Å². The summed E-state index contributed by atoms with van der Waals surface area (Å²) in [7, 11) is 0. The summed E-state index contributed by atoms with van der Waals surface area (Å²) < 4.78 is 5.50. The summed E-state index contributed by atoms with van der Waals surface area (Å²) in [6, 6.07) is -0.639. The zero-order chi connectivity index (χ0) is 53.6. The van der Waals surface area contributed by atoms with Crippen LogP contribution in [0.3, 0.4) is 0 Å². The Bertz CT molecular complexity index is 1150. The van der Waals surface area contributed by atoms with E-state index in [1.165, 1.54) is 289 Å². The van der Waals surface area contributed by atoms with Crippen molar-refractivity contribution in [2.24, 2.45) is 0 Å². The molecule has 0 saturated carbocycles. The molecule has 0 aliphatic heterocycles. The third-order valence-corrected chi connectivity index (χ3v) is 15.7. The molecule has 0 radical (unpaired) electrons. The second kappa shape index (κ2) is 63.9. The summed E-state index contributed by atoms with van der Waals surface area (Å²) in [5.74, 6) is -0.0713. The standard InChI is InChI=1S/C68H131NO5/c1-3-5-7-9-11-13-15-17-19-21-23-24-25-28-32-36-40-44-48-52-56-60-66(71)65(64-70)69-67(72)61-57-53-49-45-41-37-33-29-26-27-31-35-39-43-47-51-55-59-63-74-68(73)62-58-54-50-46-42-38-34-30-22-20-18-16-14-12-10-8-6-4-2/h29,33,56,60,65-66,70-71H,3-28,30-32,34-55,57-59,61-64H2,1-2H3,(H,69,72)/b33-29-,60-56+. The van der Waals surface area contributed by atoms with E-state index in [9.17, 15) is 19.8 Å². The average Bonchev–Trinajstić information content (AvgIpc) is 3.40. The topological polar surface area (TPSA) is 95.9 Å². The summed E-state index contributed by atoms with van der Waals surface area (Å²) in [6.45, 7) is 4.93. The zero-order valence-corrected chi connectivity index (χ0v) is 50.1. The van der Waals surface area contributed by atoms with Crippen LogP contribution in [0.15, 0.2) is 24.3 Å². The number of esters is 1. The zero-order valence-electron chi connectivity index (χ0n) is 50.1. The molecule has 0 aliphatic carbocycles. The van der Waals surface area contributed by atoms with Gasteiger partial charge >= 0.3 is 5.97 Å². The molecule has 0 spiro atoms.